The Kier molecular flexibility index (Phi) is 17.2. The van der Waals surface area contributed by atoms with Crippen LogP contribution >= 0.6 is 0 Å². The van der Waals surface area contributed by atoms with Crippen LogP contribution < -0.4 is 9.47 Å². The summed E-state index contributed by atoms with van der Waals surface area (Å²) in [6.45, 7) is 2.25. The van der Waals surface area contributed by atoms with Crippen LogP contribution in [0.2, 0.25) is 0 Å². The van der Waals surface area contributed by atoms with Gasteiger partial charge in [0.05, 0.1) is 14.2 Å². The molecule has 222 valence electrons. The second-order valence-corrected chi connectivity index (χ2v) is 9.80. The summed E-state index contributed by atoms with van der Waals surface area (Å²) >= 11 is 0. The number of hydrogen-bond donors (Lipinski definition) is 0. The van der Waals surface area contributed by atoms with Crippen molar-refractivity contribution < 1.29 is 38.6 Å². The van der Waals surface area contributed by atoms with Gasteiger partial charge < -0.3 is 9.47 Å². The predicted octanol–water partition coefficient (Wildman–Crippen LogP) is 8.39. The fourth-order valence-corrected chi connectivity index (χ4v) is 4.35. The fourth-order valence-electron chi connectivity index (χ4n) is 4.35. The number of rotatable bonds is 22. The van der Waals surface area contributed by atoms with E-state index >= 15 is 0 Å². The molecule has 0 aliphatic heterocycles. The molecule has 2 aromatic rings. The van der Waals surface area contributed by atoms with Gasteiger partial charge in [0.25, 0.3) is 0 Å². The average Bonchev–Trinajstić information content (AvgIpc) is 2.99. The van der Waals surface area contributed by atoms with Gasteiger partial charge >= 0.3 is 11.9 Å². The lowest BCUT2D eigenvalue weighted by Crippen LogP contribution is -2.22. The van der Waals surface area contributed by atoms with E-state index in [0.717, 1.165) is 19.3 Å². The molecule has 0 heterocycles. The Morgan fingerprint density at radius 1 is 0.575 bits per heavy atom. The number of ether oxygens (including phenoxy) is 2. The normalized spacial score (nSPS) is 10.9. The van der Waals surface area contributed by atoms with Gasteiger partial charge in [-0.15, -0.1) is 9.78 Å². The first-order valence-corrected chi connectivity index (χ1v) is 14.6. The summed E-state index contributed by atoms with van der Waals surface area (Å²) in [7, 11) is 2.93. The maximum absolute atomic E-state index is 12.6. The first-order chi connectivity index (χ1) is 19.6. The number of methoxy groups -OCH3 is 2. The molecule has 0 aromatic heterocycles. The summed E-state index contributed by atoms with van der Waals surface area (Å²) < 4.78 is 10.4. The van der Waals surface area contributed by atoms with Crippen LogP contribution in [-0.2, 0) is 19.6 Å². The van der Waals surface area contributed by atoms with Crippen LogP contribution in [0, 0.1) is 0 Å². The van der Waals surface area contributed by atoms with Gasteiger partial charge in [-0.05, 0) is 30.7 Å². The largest absolute Gasteiger partial charge is 0.496 e. The van der Waals surface area contributed by atoms with E-state index in [9.17, 15) is 9.59 Å². The SMILES string of the molecule is CCCCCCCCCCCCCCCC(OOC(=O)c1ccccc1OC)OOC(=O)c1ccccc1OC. The fraction of sp³-hybridized carbons (Fsp3) is 0.562. The molecule has 2 rings (SSSR count). The van der Waals surface area contributed by atoms with Crippen molar-refractivity contribution in [3.8, 4) is 11.5 Å². The lowest BCUT2D eigenvalue weighted by molar-refractivity contribution is -0.421. The second kappa shape index (κ2) is 20.8. The summed E-state index contributed by atoms with van der Waals surface area (Å²) in [4.78, 5) is 45.7. The first-order valence-electron chi connectivity index (χ1n) is 14.6. The lowest BCUT2D eigenvalue weighted by atomic mass is 10.0. The topological polar surface area (TPSA) is 89.5 Å². The van der Waals surface area contributed by atoms with Crippen molar-refractivity contribution in [1.82, 2.24) is 0 Å². The van der Waals surface area contributed by atoms with Gasteiger partial charge in [0.15, 0.2) is 0 Å². The highest BCUT2D eigenvalue weighted by atomic mass is 17.3. The van der Waals surface area contributed by atoms with E-state index in [2.05, 4.69) is 6.92 Å². The van der Waals surface area contributed by atoms with Gasteiger partial charge in [0.2, 0.25) is 6.29 Å². The lowest BCUT2D eigenvalue weighted by Gasteiger charge is -2.16. The van der Waals surface area contributed by atoms with Crippen LogP contribution in [0.25, 0.3) is 0 Å². The molecule has 0 radical (unpaired) electrons. The van der Waals surface area contributed by atoms with E-state index in [1.54, 1.807) is 48.5 Å². The summed E-state index contributed by atoms with van der Waals surface area (Å²) in [5.74, 6) is -0.778. The van der Waals surface area contributed by atoms with E-state index in [0.29, 0.717) is 17.9 Å². The standard InChI is InChI=1S/C32H46O8/c1-4-5-6-7-8-9-10-11-12-13-14-15-16-25-30(37-39-31(33)26-21-17-19-23-28(26)35-2)38-40-32(34)27-22-18-20-24-29(27)36-3/h17-24,30H,4-16,25H2,1-3H3. The van der Waals surface area contributed by atoms with E-state index in [4.69, 9.17) is 29.0 Å². The van der Waals surface area contributed by atoms with E-state index in [1.807, 2.05) is 0 Å². The molecule has 0 aliphatic carbocycles. The van der Waals surface area contributed by atoms with Crippen LogP contribution in [-0.4, -0.2) is 32.4 Å². The number of unbranched alkanes of at least 4 members (excludes halogenated alkanes) is 12. The molecule has 0 spiro atoms. The van der Waals surface area contributed by atoms with Gasteiger partial charge in [-0.1, -0.05) is 108 Å². The highest BCUT2D eigenvalue weighted by molar-refractivity contribution is 5.92. The Balaban J connectivity index is 1.77. The number of benzene rings is 2. The molecule has 0 atom stereocenters. The first kappa shape index (κ1) is 33.1. The zero-order valence-corrected chi connectivity index (χ0v) is 24.4. The minimum absolute atomic E-state index is 0.204. The van der Waals surface area contributed by atoms with Gasteiger partial charge in [-0.3, -0.25) is 9.78 Å². The van der Waals surface area contributed by atoms with Gasteiger partial charge in [-0.2, -0.15) is 0 Å². The van der Waals surface area contributed by atoms with Crippen molar-refractivity contribution in [3.63, 3.8) is 0 Å². The van der Waals surface area contributed by atoms with Crippen LogP contribution in [0.15, 0.2) is 48.5 Å². The van der Waals surface area contributed by atoms with Gasteiger partial charge in [-0.25, -0.2) is 9.59 Å². The number of hydrogen-bond acceptors (Lipinski definition) is 8. The summed E-state index contributed by atoms with van der Waals surface area (Å²) in [5, 5.41) is 0. The Morgan fingerprint density at radius 2 is 0.950 bits per heavy atom. The second-order valence-electron chi connectivity index (χ2n) is 9.80. The summed E-state index contributed by atoms with van der Waals surface area (Å²) in [6, 6.07) is 13.3. The van der Waals surface area contributed by atoms with Crippen molar-refractivity contribution in [2.75, 3.05) is 14.2 Å². The quantitative estimate of drug-likeness (QED) is 0.0616. The molecule has 0 fully saturated rings. The molecule has 0 N–H and O–H groups in total. The van der Waals surface area contributed by atoms with Gasteiger partial charge in [0, 0.05) is 6.42 Å². The maximum atomic E-state index is 12.6. The highest BCUT2D eigenvalue weighted by Crippen LogP contribution is 2.21. The third-order valence-electron chi connectivity index (χ3n) is 6.66. The van der Waals surface area contributed by atoms with E-state index in [1.165, 1.54) is 78.4 Å². The smallest absolute Gasteiger partial charge is 0.376 e. The Labute approximate surface area is 239 Å². The number of carbonyl (C=O) groups excluding carboxylic acids is 2. The van der Waals surface area contributed by atoms with Crippen molar-refractivity contribution in [1.29, 1.82) is 0 Å². The Bertz CT molecular complexity index is 913. The molecule has 0 aliphatic rings. The minimum Gasteiger partial charge on any atom is -0.496 e. The van der Waals surface area contributed by atoms with Crippen LogP contribution in [0.5, 0.6) is 11.5 Å². The predicted molar refractivity (Wildman–Crippen MR) is 153 cm³/mol. The Hall–Kier alpha value is -3.10. The molecule has 0 saturated heterocycles. The number of para-hydroxylation sites is 2. The molecule has 8 heteroatoms. The highest BCUT2D eigenvalue weighted by Gasteiger charge is 2.22. The van der Waals surface area contributed by atoms with Crippen molar-refractivity contribution in [2.24, 2.45) is 0 Å². The molecular weight excluding hydrogens is 512 g/mol. The molecule has 0 bridgehead atoms. The molecular formula is C32H46O8. The monoisotopic (exact) mass is 558 g/mol. The van der Waals surface area contributed by atoms with Crippen molar-refractivity contribution in [2.45, 2.75) is 103 Å². The molecule has 0 saturated carbocycles. The molecule has 40 heavy (non-hydrogen) atoms. The van der Waals surface area contributed by atoms with Crippen LogP contribution in [0.3, 0.4) is 0 Å². The maximum Gasteiger partial charge on any atom is 0.376 e. The summed E-state index contributed by atoms with van der Waals surface area (Å²) in [5.41, 5.74) is 0.409. The third-order valence-corrected chi connectivity index (χ3v) is 6.66. The van der Waals surface area contributed by atoms with Crippen LogP contribution in [0.1, 0.15) is 118 Å². The van der Waals surface area contributed by atoms with E-state index < -0.39 is 18.2 Å². The Morgan fingerprint density at radius 3 is 1.35 bits per heavy atom. The summed E-state index contributed by atoms with van der Waals surface area (Å²) in [6.07, 6.45) is 15.1. The average molecular weight is 559 g/mol. The minimum atomic E-state index is -1.09. The number of carbonyl (C=O) groups is 2. The zero-order valence-electron chi connectivity index (χ0n) is 24.4. The van der Waals surface area contributed by atoms with Gasteiger partial charge in [0.1, 0.15) is 22.6 Å². The van der Waals surface area contributed by atoms with E-state index in [-0.39, 0.29) is 11.1 Å². The van der Waals surface area contributed by atoms with Crippen molar-refractivity contribution in [3.05, 3.63) is 59.7 Å². The van der Waals surface area contributed by atoms with Crippen LogP contribution in [0.4, 0.5) is 0 Å². The van der Waals surface area contributed by atoms with Crippen molar-refractivity contribution >= 4 is 11.9 Å². The molecule has 0 amide bonds. The molecule has 2 aromatic carbocycles. The molecule has 8 nitrogen and oxygen atoms in total. The molecule has 0 unspecified atom stereocenters. The zero-order chi connectivity index (χ0) is 28.8. The third kappa shape index (κ3) is 12.8.